The molecular weight excluding hydrogens is 452 g/mol. The van der Waals surface area contributed by atoms with Gasteiger partial charge in [0.05, 0.1) is 0 Å². The summed E-state index contributed by atoms with van der Waals surface area (Å²) in [5.74, 6) is -0.306. The highest BCUT2D eigenvalue weighted by molar-refractivity contribution is 5.99. The smallest absolute Gasteiger partial charge is 0.272 e. The Bertz CT molecular complexity index is 821. The first-order valence-corrected chi connectivity index (χ1v) is 13.7. The highest BCUT2D eigenvalue weighted by atomic mass is 16.3. The van der Waals surface area contributed by atoms with Crippen LogP contribution in [0.1, 0.15) is 112 Å². The highest BCUT2D eigenvalue weighted by Crippen LogP contribution is 2.19. The maximum Gasteiger partial charge on any atom is 0.272 e. The molecule has 0 atom stereocenters. The number of rotatable bonds is 16. The van der Waals surface area contributed by atoms with Crippen molar-refractivity contribution in [3.63, 3.8) is 0 Å². The molecule has 198 valence electrons. The fourth-order valence-corrected chi connectivity index (χ4v) is 4.25. The lowest BCUT2D eigenvalue weighted by atomic mass is 10.1. The van der Waals surface area contributed by atoms with Gasteiger partial charge in [0.2, 0.25) is 0 Å². The van der Waals surface area contributed by atoms with Crippen LogP contribution >= 0.6 is 0 Å². The van der Waals surface area contributed by atoms with Gasteiger partial charge in [-0.3, -0.25) is 9.59 Å². The van der Waals surface area contributed by atoms with Gasteiger partial charge in [0.25, 0.3) is 11.8 Å². The first kappa shape index (κ1) is 29.2. The Morgan fingerprint density at radius 2 is 0.833 bits per heavy atom. The summed E-state index contributed by atoms with van der Waals surface area (Å²) in [6.07, 6.45) is 13.0. The maximum atomic E-state index is 13.6. The van der Waals surface area contributed by atoms with E-state index < -0.39 is 0 Å². The molecule has 0 bridgehead atoms. The van der Waals surface area contributed by atoms with Gasteiger partial charge in [-0.1, -0.05) is 78.1 Å². The van der Waals surface area contributed by atoms with Gasteiger partial charge in [0.15, 0.2) is 0 Å². The molecule has 0 saturated heterocycles. The average Bonchev–Trinajstić information content (AvgIpc) is 2.89. The third kappa shape index (κ3) is 9.92. The van der Waals surface area contributed by atoms with Crippen LogP contribution in [0.4, 0.5) is 0 Å². The first-order chi connectivity index (χ1) is 17.5. The molecule has 0 saturated carbocycles. The minimum atomic E-state index is -0.248. The molecule has 0 unspecified atom stereocenters. The minimum absolute atomic E-state index is 0.0955. The van der Waals surface area contributed by atoms with Crippen molar-refractivity contribution < 1.29 is 19.8 Å². The van der Waals surface area contributed by atoms with Crippen molar-refractivity contribution in [3.8, 4) is 11.5 Å². The number of hydrogen-bond acceptors (Lipinski definition) is 4. The molecule has 0 aliphatic rings. The summed E-state index contributed by atoms with van der Waals surface area (Å²) in [6, 6.07) is 12.4. The molecule has 2 aromatic rings. The van der Waals surface area contributed by atoms with Crippen LogP contribution in [-0.4, -0.2) is 45.1 Å². The number of phenols is 2. The molecule has 0 aliphatic carbocycles. The van der Waals surface area contributed by atoms with Gasteiger partial charge in [-0.15, -0.1) is 0 Å². The number of hydrogen-bond donors (Lipinski definition) is 2. The number of aromatic hydroxyl groups is 2. The van der Waals surface area contributed by atoms with Crippen molar-refractivity contribution >= 4 is 11.8 Å². The normalized spacial score (nSPS) is 10.8. The fourth-order valence-electron chi connectivity index (χ4n) is 4.25. The van der Waals surface area contributed by atoms with Crippen molar-refractivity contribution in [2.24, 2.45) is 0 Å². The summed E-state index contributed by atoms with van der Waals surface area (Å²) in [6.45, 7) is 5.28. The van der Waals surface area contributed by atoms with E-state index in [-0.39, 0.29) is 23.3 Å². The molecule has 0 aromatic heterocycles. The van der Waals surface area contributed by atoms with Crippen molar-refractivity contribution in [2.75, 3.05) is 13.1 Å². The van der Waals surface area contributed by atoms with Crippen molar-refractivity contribution in [2.45, 2.75) is 90.9 Å². The van der Waals surface area contributed by atoms with E-state index in [1.807, 2.05) is 0 Å². The van der Waals surface area contributed by atoms with Crippen LogP contribution in [-0.2, 0) is 0 Å². The van der Waals surface area contributed by atoms with E-state index in [1.165, 1.54) is 62.8 Å². The summed E-state index contributed by atoms with van der Waals surface area (Å²) in [4.78, 5) is 27.3. The largest absolute Gasteiger partial charge is 0.508 e. The van der Waals surface area contributed by atoms with Crippen LogP contribution in [0.2, 0.25) is 0 Å². The van der Waals surface area contributed by atoms with Crippen LogP contribution in [0, 0.1) is 0 Å². The topological polar surface area (TPSA) is 81.1 Å². The number of unbranched alkanes of at least 4 members (excludes halogenated alkanes) is 10. The lowest BCUT2D eigenvalue weighted by Gasteiger charge is -2.35. The Kier molecular flexibility index (Phi) is 13.5. The molecular formula is C30H44N2O4. The quantitative estimate of drug-likeness (QED) is 0.188. The molecule has 6 heteroatoms. The lowest BCUT2D eigenvalue weighted by Crippen LogP contribution is -2.50. The van der Waals surface area contributed by atoms with E-state index in [2.05, 4.69) is 13.8 Å². The number of amides is 2. The third-order valence-electron chi connectivity index (χ3n) is 6.44. The zero-order valence-corrected chi connectivity index (χ0v) is 22.1. The molecule has 2 rings (SSSR count). The summed E-state index contributed by atoms with van der Waals surface area (Å²) in [5, 5.41) is 22.6. The van der Waals surface area contributed by atoms with Gasteiger partial charge in [-0.2, -0.15) is 0 Å². The number of carbonyl (C=O) groups is 2. The molecule has 0 heterocycles. The molecule has 2 N–H and O–H groups in total. The molecule has 0 spiro atoms. The molecule has 0 fully saturated rings. The predicted octanol–water partition coefficient (Wildman–Crippen LogP) is 7.32. The van der Waals surface area contributed by atoms with E-state index in [4.69, 9.17) is 0 Å². The van der Waals surface area contributed by atoms with Crippen LogP contribution < -0.4 is 0 Å². The molecule has 2 aromatic carbocycles. The maximum absolute atomic E-state index is 13.6. The van der Waals surface area contributed by atoms with Crippen molar-refractivity contribution in [1.29, 1.82) is 0 Å². The first-order valence-electron chi connectivity index (χ1n) is 13.7. The Balaban J connectivity index is 2.24. The summed E-state index contributed by atoms with van der Waals surface area (Å²) in [5.41, 5.74) is 0.871. The Labute approximate surface area is 216 Å². The van der Waals surface area contributed by atoms with Crippen molar-refractivity contribution in [1.82, 2.24) is 10.0 Å². The zero-order valence-electron chi connectivity index (χ0n) is 22.1. The third-order valence-corrected chi connectivity index (χ3v) is 6.44. The standard InChI is InChI=1S/C30H44N2O4/c1-3-5-7-9-11-13-23-31(29(35)25-15-19-27(33)20-16-25)32(24-14-12-10-8-6-4-2)30(36)26-17-21-28(34)22-18-26/h15-22,33-34H,3-14,23-24H2,1-2H3. The average molecular weight is 497 g/mol. The minimum Gasteiger partial charge on any atom is -0.508 e. The molecule has 6 nitrogen and oxygen atoms in total. The van der Waals surface area contributed by atoms with Gasteiger partial charge < -0.3 is 10.2 Å². The van der Waals surface area contributed by atoms with E-state index in [0.717, 1.165) is 38.5 Å². The van der Waals surface area contributed by atoms with Crippen LogP contribution in [0.5, 0.6) is 11.5 Å². The number of nitrogens with zero attached hydrogens (tertiary/aromatic N) is 2. The Morgan fingerprint density at radius 1 is 0.528 bits per heavy atom. The SMILES string of the molecule is CCCCCCCCN(C(=O)c1ccc(O)cc1)N(CCCCCCCC)C(=O)c1ccc(O)cc1. The Hall–Kier alpha value is -3.02. The highest BCUT2D eigenvalue weighted by Gasteiger charge is 2.27. The van der Waals surface area contributed by atoms with Crippen molar-refractivity contribution in [3.05, 3.63) is 59.7 Å². The van der Waals surface area contributed by atoms with E-state index in [9.17, 15) is 19.8 Å². The zero-order chi connectivity index (χ0) is 26.2. The van der Waals surface area contributed by atoms with Crippen LogP contribution in [0.25, 0.3) is 0 Å². The predicted molar refractivity (Wildman–Crippen MR) is 145 cm³/mol. The molecule has 0 aliphatic heterocycles. The fraction of sp³-hybridized carbons (Fsp3) is 0.533. The van der Waals surface area contributed by atoms with Crippen LogP contribution in [0.3, 0.4) is 0 Å². The molecule has 0 radical (unpaired) electrons. The number of benzene rings is 2. The van der Waals surface area contributed by atoms with E-state index in [0.29, 0.717) is 24.2 Å². The monoisotopic (exact) mass is 496 g/mol. The van der Waals surface area contributed by atoms with Gasteiger partial charge in [-0.25, -0.2) is 10.0 Å². The molecule has 2 amide bonds. The molecule has 36 heavy (non-hydrogen) atoms. The van der Waals surface area contributed by atoms with Gasteiger partial charge in [0, 0.05) is 24.2 Å². The lowest BCUT2D eigenvalue weighted by molar-refractivity contribution is -0.00514. The second-order valence-corrected chi connectivity index (χ2v) is 9.49. The number of phenolic OH excluding ortho intramolecular Hbond substituents is 2. The number of carbonyl (C=O) groups excluding carboxylic acids is 2. The van der Waals surface area contributed by atoms with Gasteiger partial charge >= 0.3 is 0 Å². The van der Waals surface area contributed by atoms with E-state index in [1.54, 1.807) is 34.3 Å². The number of hydrazine groups is 1. The van der Waals surface area contributed by atoms with Crippen LogP contribution in [0.15, 0.2) is 48.5 Å². The Morgan fingerprint density at radius 3 is 1.17 bits per heavy atom. The van der Waals surface area contributed by atoms with E-state index >= 15 is 0 Å². The van der Waals surface area contributed by atoms with Gasteiger partial charge in [-0.05, 0) is 61.4 Å². The second-order valence-electron chi connectivity index (χ2n) is 9.49. The van der Waals surface area contributed by atoms with Gasteiger partial charge in [0.1, 0.15) is 11.5 Å². The summed E-state index contributed by atoms with van der Waals surface area (Å²) in [7, 11) is 0. The summed E-state index contributed by atoms with van der Waals surface area (Å²) >= 11 is 0. The summed E-state index contributed by atoms with van der Waals surface area (Å²) < 4.78 is 0. The second kappa shape index (κ2) is 16.6.